The number of hydrogen-bond donors (Lipinski definition) is 0. The Morgan fingerprint density at radius 1 is 0.540 bits per heavy atom. The lowest BCUT2D eigenvalue weighted by atomic mass is 9.86. The predicted molar refractivity (Wildman–Crippen MR) is 186 cm³/mol. The largest absolute Gasteiger partial charge is 0.496 e. The summed E-state index contributed by atoms with van der Waals surface area (Å²) in [6, 6.07) is 28.9. The number of amides is 4. The molecule has 4 aliphatic rings. The van der Waals surface area contributed by atoms with Crippen LogP contribution in [0.3, 0.4) is 0 Å². The van der Waals surface area contributed by atoms with E-state index in [-0.39, 0.29) is 30.9 Å². The van der Waals surface area contributed by atoms with E-state index in [1.807, 2.05) is 105 Å². The molecule has 8 rings (SSSR count). The van der Waals surface area contributed by atoms with Crippen LogP contribution in [0, 0.1) is 13.8 Å². The molecule has 2 aliphatic heterocycles. The Labute approximate surface area is 290 Å². The van der Waals surface area contributed by atoms with Crippen LogP contribution in [-0.4, -0.2) is 40.9 Å². The van der Waals surface area contributed by atoms with Crippen molar-refractivity contribution < 1.29 is 33.6 Å². The van der Waals surface area contributed by atoms with Crippen molar-refractivity contribution in [1.82, 2.24) is 10.1 Å². The average molecular weight is 669 g/mol. The first-order valence-electron chi connectivity index (χ1n) is 16.6. The smallest absolute Gasteiger partial charge is 0.286 e. The molecule has 4 amide bonds. The van der Waals surface area contributed by atoms with Crippen LogP contribution in [0.25, 0.3) is 11.1 Å². The summed E-state index contributed by atoms with van der Waals surface area (Å²) in [5.74, 6) is -0.684. The van der Waals surface area contributed by atoms with Gasteiger partial charge in [-0.1, -0.05) is 96.1 Å². The second kappa shape index (κ2) is 13.7. The fourth-order valence-electron chi connectivity index (χ4n) is 6.75. The molecule has 0 spiro atoms. The lowest BCUT2D eigenvalue weighted by Gasteiger charge is -2.18. The highest BCUT2D eigenvalue weighted by atomic mass is 16.7. The normalized spacial score (nSPS) is 16.2. The van der Waals surface area contributed by atoms with Crippen molar-refractivity contribution in [1.29, 1.82) is 0 Å². The highest BCUT2D eigenvalue weighted by molar-refractivity contribution is 6.36. The van der Waals surface area contributed by atoms with E-state index in [2.05, 4.69) is 0 Å². The van der Waals surface area contributed by atoms with Crippen molar-refractivity contribution in [2.24, 2.45) is 0 Å². The summed E-state index contributed by atoms with van der Waals surface area (Å²) < 4.78 is 5.40. The predicted octanol–water partition coefficient (Wildman–Crippen LogP) is 6.40. The summed E-state index contributed by atoms with van der Waals surface area (Å²) in [5.41, 5.74) is 9.88. The Hall–Kier alpha value is -5.64. The number of hydrogen-bond acceptors (Lipinski definition) is 7. The van der Waals surface area contributed by atoms with Crippen LogP contribution in [0.1, 0.15) is 57.3 Å². The Morgan fingerprint density at radius 3 is 1.60 bits per heavy atom. The van der Waals surface area contributed by atoms with Crippen molar-refractivity contribution >= 4 is 34.8 Å². The molecular weight excluding hydrogens is 632 g/mol. The van der Waals surface area contributed by atoms with E-state index in [4.69, 9.17) is 14.4 Å². The van der Waals surface area contributed by atoms with Crippen LogP contribution in [0.2, 0.25) is 0 Å². The molecule has 0 unspecified atom stereocenters. The van der Waals surface area contributed by atoms with E-state index in [0.29, 0.717) is 41.6 Å². The van der Waals surface area contributed by atoms with Crippen LogP contribution >= 0.6 is 0 Å². The number of carbonyl (C=O) groups is 4. The zero-order valence-corrected chi connectivity index (χ0v) is 28.2. The summed E-state index contributed by atoms with van der Waals surface area (Å²) in [4.78, 5) is 61.9. The van der Waals surface area contributed by atoms with Gasteiger partial charge in [0, 0.05) is 16.7 Å². The highest BCUT2D eigenvalue weighted by Crippen LogP contribution is 2.41. The van der Waals surface area contributed by atoms with Gasteiger partial charge in [0.2, 0.25) is 0 Å². The molecular formula is C41H36N2O7. The molecule has 2 aliphatic carbocycles. The molecule has 9 nitrogen and oxygen atoms in total. The van der Waals surface area contributed by atoms with Gasteiger partial charge in [0.05, 0.1) is 18.3 Å². The van der Waals surface area contributed by atoms with Gasteiger partial charge in [-0.25, -0.2) is 0 Å². The molecule has 0 radical (unpaired) electrons. The number of nitrogens with zero attached hydrogens (tertiary/aromatic N) is 2. The van der Waals surface area contributed by atoms with Crippen LogP contribution in [0.4, 0.5) is 0 Å². The molecule has 9 heteroatoms. The second-order valence-corrected chi connectivity index (χ2v) is 12.7. The second-order valence-electron chi connectivity index (χ2n) is 12.7. The van der Waals surface area contributed by atoms with Gasteiger partial charge in [-0.2, -0.15) is 0 Å². The molecule has 2 heterocycles. The monoisotopic (exact) mass is 668 g/mol. The summed E-state index contributed by atoms with van der Waals surface area (Å²) in [7, 11) is 1.61. The van der Waals surface area contributed by atoms with Crippen molar-refractivity contribution in [2.45, 2.75) is 52.7 Å². The Balaban J connectivity index is 0.000000157. The highest BCUT2D eigenvalue weighted by Gasteiger charge is 2.43. The number of hydroxylamine groups is 4. The number of rotatable bonds is 7. The van der Waals surface area contributed by atoms with Gasteiger partial charge in [-0.05, 0) is 73.4 Å². The molecule has 0 aromatic heterocycles. The molecule has 252 valence electrons. The van der Waals surface area contributed by atoms with Crippen molar-refractivity contribution in [2.75, 3.05) is 7.11 Å². The van der Waals surface area contributed by atoms with Gasteiger partial charge in [0.1, 0.15) is 19.0 Å². The van der Waals surface area contributed by atoms with E-state index in [9.17, 15) is 19.2 Å². The maximum absolute atomic E-state index is 12.9. The summed E-state index contributed by atoms with van der Waals surface area (Å²) in [6.07, 6.45) is 2.54. The maximum atomic E-state index is 12.9. The van der Waals surface area contributed by atoms with E-state index in [1.165, 1.54) is 0 Å². The standard InChI is InChI=1S/C21H19NO4.C20H17NO3/c1-13-6-8-14(9-7-13)12-26-22-20(23)17-11-10-15-16(19(17)21(22)24)4-3-5-18(15)25-2;1-13-6-8-14(9-7-13)12-24-21-19(22)17-11-10-15-4-2-3-5-16(15)18(17)20(21)23/h3-9H,10-12H2,1-2H3;2-9H,10-12H2,1H3. The molecule has 50 heavy (non-hydrogen) atoms. The third-order valence-corrected chi connectivity index (χ3v) is 9.43. The Morgan fingerprint density at radius 2 is 1.04 bits per heavy atom. The average Bonchev–Trinajstić information content (AvgIpc) is 3.54. The van der Waals surface area contributed by atoms with Crippen molar-refractivity contribution in [3.8, 4) is 5.75 Å². The van der Waals surface area contributed by atoms with Gasteiger partial charge in [0.15, 0.2) is 0 Å². The number of benzene rings is 4. The first-order chi connectivity index (χ1) is 24.2. The number of imide groups is 2. The minimum absolute atomic E-state index is 0.170. The molecule has 4 aromatic carbocycles. The minimum Gasteiger partial charge on any atom is -0.496 e. The lowest BCUT2D eigenvalue weighted by molar-refractivity contribution is -0.190. The van der Waals surface area contributed by atoms with Crippen molar-refractivity contribution in [3.05, 3.63) is 147 Å². The fourth-order valence-corrected chi connectivity index (χ4v) is 6.75. The lowest BCUT2D eigenvalue weighted by Crippen LogP contribution is -2.31. The third-order valence-electron chi connectivity index (χ3n) is 9.43. The zero-order valence-electron chi connectivity index (χ0n) is 28.2. The van der Waals surface area contributed by atoms with E-state index in [0.717, 1.165) is 66.8 Å². The zero-order chi connectivity index (χ0) is 34.9. The van der Waals surface area contributed by atoms with Crippen LogP contribution in [0.15, 0.2) is 102 Å². The van der Waals surface area contributed by atoms with Gasteiger partial charge >= 0.3 is 0 Å². The molecule has 0 saturated heterocycles. The van der Waals surface area contributed by atoms with Gasteiger partial charge in [-0.15, -0.1) is 10.1 Å². The number of ether oxygens (including phenoxy) is 1. The Kier molecular flexibility index (Phi) is 9.01. The van der Waals surface area contributed by atoms with Gasteiger partial charge in [0.25, 0.3) is 23.6 Å². The number of aryl methyl sites for hydroxylation is 3. The summed E-state index contributed by atoms with van der Waals surface area (Å²) in [5, 5.41) is 1.83. The fraction of sp³-hybridized carbons (Fsp3) is 0.220. The topological polar surface area (TPSA) is 102 Å². The molecule has 0 N–H and O–H groups in total. The van der Waals surface area contributed by atoms with E-state index in [1.54, 1.807) is 7.11 Å². The van der Waals surface area contributed by atoms with Gasteiger partial charge < -0.3 is 4.74 Å². The van der Waals surface area contributed by atoms with Crippen molar-refractivity contribution in [3.63, 3.8) is 0 Å². The summed E-state index contributed by atoms with van der Waals surface area (Å²) in [6.45, 7) is 4.37. The first-order valence-corrected chi connectivity index (χ1v) is 16.6. The Bertz CT molecular complexity index is 2090. The van der Waals surface area contributed by atoms with Crippen LogP contribution in [0.5, 0.6) is 5.75 Å². The number of fused-ring (bicyclic) bond motifs is 4. The summed E-state index contributed by atoms with van der Waals surface area (Å²) >= 11 is 0. The SMILES string of the molecule is COc1cccc2c1CCC1=C2C(=O)N(OCc2ccc(C)cc2)C1=O.Cc1ccc(CON2C(=O)C3=C(C2=O)c2ccccc2CC3)cc1. The molecule has 0 fully saturated rings. The van der Waals surface area contributed by atoms with Crippen LogP contribution < -0.4 is 4.74 Å². The van der Waals surface area contributed by atoms with E-state index < -0.39 is 5.91 Å². The first kappa shape index (κ1) is 32.9. The molecule has 0 atom stereocenters. The maximum Gasteiger partial charge on any atom is 0.286 e. The minimum atomic E-state index is -0.397. The number of carbonyl (C=O) groups excluding carboxylic acids is 4. The van der Waals surface area contributed by atoms with E-state index >= 15 is 0 Å². The molecule has 0 bridgehead atoms. The number of methoxy groups -OCH3 is 1. The molecule has 0 saturated carbocycles. The van der Waals surface area contributed by atoms with Crippen LogP contribution in [-0.2, 0) is 54.9 Å². The third kappa shape index (κ3) is 6.06. The quantitative estimate of drug-likeness (QED) is 0.210. The molecule has 4 aromatic rings. The van der Waals surface area contributed by atoms with Gasteiger partial charge in [-0.3, -0.25) is 28.9 Å².